The number of aryl methyl sites for hydroxylation is 1. The van der Waals surface area contributed by atoms with Gasteiger partial charge in [-0.25, -0.2) is 0 Å². The highest BCUT2D eigenvalue weighted by Gasteiger charge is 2.26. The van der Waals surface area contributed by atoms with Crippen LogP contribution in [-0.2, 0) is 13.0 Å². The van der Waals surface area contributed by atoms with Crippen molar-refractivity contribution >= 4 is 5.78 Å². The molecule has 2 aromatic carbocycles. The van der Waals surface area contributed by atoms with Gasteiger partial charge >= 0.3 is 0 Å². The first kappa shape index (κ1) is 23.4. The third kappa shape index (κ3) is 4.39. The number of ketones is 1. The van der Waals surface area contributed by atoms with Crippen molar-refractivity contribution in [3.05, 3.63) is 80.6 Å². The number of benzene rings is 2. The lowest BCUT2D eigenvalue weighted by molar-refractivity contribution is 0.103. The molecular formula is C25H24N2O6. The molecule has 3 aromatic rings. The molecule has 1 aromatic heterocycles. The summed E-state index contributed by atoms with van der Waals surface area (Å²) in [5, 5.41) is 20.6. The van der Waals surface area contributed by atoms with E-state index in [9.17, 15) is 20.0 Å². The Hall–Kier alpha value is -4.25. The molecule has 0 bridgehead atoms. The summed E-state index contributed by atoms with van der Waals surface area (Å²) in [7, 11) is 4.49. The van der Waals surface area contributed by atoms with Gasteiger partial charge < -0.3 is 19.3 Å². The lowest BCUT2D eigenvalue weighted by atomic mass is 9.96. The van der Waals surface area contributed by atoms with E-state index in [0.29, 0.717) is 23.7 Å². The maximum atomic E-state index is 13.3. The number of aromatic nitrogens is 1. The van der Waals surface area contributed by atoms with E-state index >= 15 is 0 Å². The third-order valence-electron chi connectivity index (χ3n) is 5.45. The minimum atomic E-state index is -0.662. The summed E-state index contributed by atoms with van der Waals surface area (Å²) in [6.45, 7) is 1.52. The van der Waals surface area contributed by atoms with Crippen molar-refractivity contribution in [3.8, 4) is 29.2 Å². The molecular weight excluding hydrogens is 424 g/mol. The molecule has 0 saturated carbocycles. The number of hydrogen-bond acceptors (Lipinski definition) is 7. The summed E-state index contributed by atoms with van der Waals surface area (Å²) in [6.07, 6.45) is 0.337. The van der Waals surface area contributed by atoms with E-state index in [1.807, 2.05) is 12.1 Å². The molecule has 0 saturated heterocycles. The maximum absolute atomic E-state index is 13.3. The van der Waals surface area contributed by atoms with E-state index in [0.717, 1.165) is 10.1 Å². The predicted octanol–water partition coefficient (Wildman–Crippen LogP) is 3.23. The van der Waals surface area contributed by atoms with Crippen molar-refractivity contribution in [3.63, 3.8) is 0 Å². The van der Waals surface area contributed by atoms with Gasteiger partial charge in [0.15, 0.2) is 11.5 Å². The third-order valence-corrected chi connectivity index (χ3v) is 5.45. The number of pyridine rings is 1. The molecule has 0 unspecified atom stereocenters. The van der Waals surface area contributed by atoms with Gasteiger partial charge in [0, 0.05) is 6.54 Å². The minimum Gasteiger partial charge on any atom is -0.496 e. The van der Waals surface area contributed by atoms with Gasteiger partial charge in [-0.05, 0) is 48.7 Å². The Kier molecular flexibility index (Phi) is 7.04. The van der Waals surface area contributed by atoms with E-state index in [1.165, 1.54) is 28.3 Å². The van der Waals surface area contributed by atoms with Crippen LogP contribution >= 0.6 is 0 Å². The standard InChI is InChI=1S/C25H24N2O6/c1-15-18(14-26)24(29)27(12-11-16-9-10-20(32-3)21(13-16)33-4)25(30)22(15)23(28)17-7-5-6-8-19(17)31-2/h5-10,13,30H,11-12H2,1-4H3. The summed E-state index contributed by atoms with van der Waals surface area (Å²) in [4.78, 5) is 26.3. The highest BCUT2D eigenvalue weighted by molar-refractivity contribution is 6.13. The highest BCUT2D eigenvalue weighted by atomic mass is 16.5. The molecule has 8 nitrogen and oxygen atoms in total. The number of hydrogen-bond donors (Lipinski definition) is 1. The monoisotopic (exact) mass is 448 g/mol. The molecule has 170 valence electrons. The van der Waals surface area contributed by atoms with Gasteiger partial charge in [0.05, 0.1) is 32.5 Å². The lowest BCUT2D eigenvalue weighted by Crippen LogP contribution is -2.27. The van der Waals surface area contributed by atoms with Crippen LogP contribution < -0.4 is 19.8 Å². The summed E-state index contributed by atoms with van der Waals surface area (Å²) >= 11 is 0. The number of para-hydroxylation sites is 1. The Labute approximate surface area is 191 Å². The first-order valence-corrected chi connectivity index (χ1v) is 10.1. The van der Waals surface area contributed by atoms with Crippen molar-refractivity contribution in [1.29, 1.82) is 5.26 Å². The number of methoxy groups -OCH3 is 3. The summed E-state index contributed by atoms with van der Waals surface area (Å²) in [6, 6.07) is 13.8. The Bertz CT molecular complexity index is 1300. The molecule has 1 heterocycles. The highest BCUT2D eigenvalue weighted by Crippen LogP contribution is 2.30. The van der Waals surface area contributed by atoms with Crippen LogP contribution in [0.2, 0.25) is 0 Å². The topological polar surface area (TPSA) is 111 Å². The molecule has 33 heavy (non-hydrogen) atoms. The molecule has 0 atom stereocenters. The summed E-state index contributed by atoms with van der Waals surface area (Å²) < 4.78 is 16.9. The van der Waals surface area contributed by atoms with Crippen molar-refractivity contribution in [2.75, 3.05) is 21.3 Å². The van der Waals surface area contributed by atoms with E-state index in [2.05, 4.69) is 0 Å². The van der Waals surface area contributed by atoms with Gasteiger partial charge in [-0.15, -0.1) is 0 Å². The Morgan fingerprint density at radius 2 is 1.70 bits per heavy atom. The van der Waals surface area contributed by atoms with E-state index in [-0.39, 0.29) is 28.8 Å². The second-order valence-electron chi connectivity index (χ2n) is 7.24. The van der Waals surface area contributed by atoms with E-state index < -0.39 is 17.2 Å². The molecule has 0 aliphatic carbocycles. The summed E-state index contributed by atoms with van der Waals surface area (Å²) in [5.41, 5.74) is 0.187. The number of ether oxygens (including phenoxy) is 3. The van der Waals surface area contributed by atoms with Crippen LogP contribution in [0.25, 0.3) is 0 Å². The van der Waals surface area contributed by atoms with Crippen LogP contribution in [0, 0.1) is 18.3 Å². The molecule has 0 aliphatic rings. The summed E-state index contributed by atoms with van der Waals surface area (Å²) in [5.74, 6) is 0.378. The van der Waals surface area contributed by atoms with Gasteiger partial charge in [-0.3, -0.25) is 14.2 Å². The number of carbonyl (C=O) groups is 1. The van der Waals surface area contributed by atoms with E-state index in [1.54, 1.807) is 36.4 Å². The van der Waals surface area contributed by atoms with Crippen LogP contribution in [0.3, 0.4) is 0 Å². The zero-order valence-corrected chi connectivity index (χ0v) is 18.8. The van der Waals surface area contributed by atoms with Gasteiger partial charge in [0.25, 0.3) is 5.56 Å². The fourth-order valence-corrected chi connectivity index (χ4v) is 3.67. The van der Waals surface area contributed by atoms with Crippen molar-refractivity contribution in [2.45, 2.75) is 19.9 Å². The fourth-order valence-electron chi connectivity index (χ4n) is 3.67. The number of rotatable bonds is 8. The molecule has 0 spiro atoms. The average molecular weight is 448 g/mol. The predicted molar refractivity (Wildman–Crippen MR) is 121 cm³/mol. The number of nitriles is 1. The zero-order chi connectivity index (χ0) is 24.1. The molecule has 1 N–H and O–H groups in total. The van der Waals surface area contributed by atoms with Crippen LogP contribution in [0.5, 0.6) is 23.1 Å². The molecule has 3 rings (SSSR count). The fraction of sp³-hybridized carbons (Fsp3) is 0.240. The maximum Gasteiger partial charge on any atom is 0.271 e. The smallest absolute Gasteiger partial charge is 0.271 e. The Balaban J connectivity index is 2.08. The SMILES string of the molecule is COc1ccc(CCn2c(O)c(C(=O)c3ccccc3OC)c(C)c(C#N)c2=O)cc1OC. The zero-order valence-electron chi connectivity index (χ0n) is 18.8. The number of carbonyl (C=O) groups excluding carboxylic acids is 1. The van der Waals surface area contributed by atoms with E-state index in [4.69, 9.17) is 14.2 Å². The quantitative estimate of drug-likeness (QED) is 0.527. The second kappa shape index (κ2) is 9.92. The van der Waals surface area contributed by atoms with Gasteiger partial charge in [0.2, 0.25) is 11.7 Å². The Morgan fingerprint density at radius 3 is 2.33 bits per heavy atom. The first-order valence-electron chi connectivity index (χ1n) is 10.1. The average Bonchev–Trinajstić information content (AvgIpc) is 2.83. The van der Waals surface area contributed by atoms with Gasteiger partial charge in [0.1, 0.15) is 17.4 Å². The normalized spacial score (nSPS) is 10.4. The van der Waals surface area contributed by atoms with Crippen molar-refractivity contribution in [2.24, 2.45) is 0 Å². The number of nitrogens with zero attached hydrogens (tertiary/aromatic N) is 2. The second-order valence-corrected chi connectivity index (χ2v) is 7.24. The largest absolute Gasteiger partial charge is 0.496 e. The minimum absolute atomic E-state index is 0.0430. The van der Waals surface area contributed by atoms with Crippen LogP contribution in [0.1, 0.15) is 32.6 Å². The van der Waals surface area contributed by atoms with Crippen molar-refractivity contribution in [1.82, 2.24) is 4.57 Å². The van der Waals surface area contributed by atoms with Crippen LogP contribution in [0.15, 0.2) is 47.3 Å². The molecule has 0 radical (unpaired) electrons. The van der Waals surface area contributed by atoms with Gasteiger partial charge in [-0.1, -0.05) is 18.2 Å². The molecule has 0 fully saturated rings. The molecule has 8 heteroatoms. The Morgan fingerprint density at radius 1 is 1.03 bits per heavy atom. The van der Waals surface area contributed by atoms with Crippen molar-refractivity contribution < 1.29 is 24.1 Å². The van der Waals surface area contributed by atoms with Gasteiger partial charge in [-0.2, -0.15) is 5.26 Å². The molecule has 0 aliphatic heterocycles. The van der Waals surface area contributed by atoms with Crippen LogP contribution in [-0.4, -0.2) is 36.8 Å². The molecule has 0 amide bonds. The number of aromatic hydroxyl groups is 1. The lowest BCUT2D eigenvalue weighted by Gasteiger charge is -2.17. The first-order chi connectivity index (χ1) is 15.9. The van der Waals surface area contributed by atoms with Crippen LogP contribution in [0.4, 0.5) is 0 Å².